The number of fused-ring (bicyclic) bond motifs is 7. The number of rotatable bonds is 3. The monoisotopic (exact) mass is 408 g/mol. The topological polar surface area (TPSA) is 68.3 Å². The highest BCUT2D eigenvalue weighted by atomic mass is 16.6. The molecule has 0 amide bonds. The summed E-state index contributed by atoms with van der Waals surface area (Å²) in [6, 6.07) is 15.5. The molecule has 156 valence electrons. The van der Waals surface area contributed by atoms with Crippen LogP contribution >= 0.6 is 0 Å². The van der Waals surface area contributed by atoms with Crippen molar-refractivity contribution in [3.05, 3.63) is 59.7 Å². The van der Waals surface area contributed by atoms with Crippen molar-refractivity contribution in [2.75, 3.05) is 20.7 Å². The molecule has 0 radical (unpaired) electrons. The van der Waals surface area contributed by atoms with Crippen molar-refractivity contribution in [3.63, 3.8) is 0 Å². The molecular weight excluding hydrogens is 382 g/mol. The molecular formula is C24H26NO5+. The third kappa shape index (κ3) is 2.27. The van der Waals surface area contributed by atoms with Crippen LogP contribution in [0.15, 0.2) is 48.5 Å². The van der Waals surface area contributed by atoms with Crippen molar-refractivity contribution in [1.82, 2.24) is 0 Å². The largest absolute Gasteiger partial charge is 0.461 e. The van der Waals surface area contributed by atoms with E-state index in [0.29, 0.717) is 46.9 Å². The Hall–Kier alpha value is -2.41. The predicted molar refractivity (Wildman–Crippen MR) is 108 cm³/mol. The first kappa shape index (κ1) is 18.4. The van der Waals surface area contributed by atoms with Gasteiger partial charge in [0.05, 0.1) is 20.7 Å². The van der Waals surface area contributed by atoms with E-state index in [9.17, 15) is 9.90 Å². The number of morpholine rings is 1. The molecule has 30 heavy (non-hydrogen) atoms. The van der Waals surface area contributed by atoms with Crippen LogP contribution in [0.3, 0.4) is 0 Å². The Balaban J connectivity index is 1.36. The minimum absolute atomic E-state index is 0.166. The lowest BCUT2D eigenvalue weighted by Gasteiger charge is -2.46. The number of benzene rings is 2. The summed E-state index contributed by atoms with van der Waals surface area (Å²) in [7, 11) is 4.51. The SMILES string of the molecule is C[N+]1(C)C2CC(OC(=O)C3(CO)c4ccccc4Oc4ccccc43)C[C@H]1[C@@H]1OC21. The molecule has 2 bridgehead atoms. The Morgan fingerprint density at radius 3 is 2.10 bits per heavy atom. The van der Waals surface area contributed by atoms with Crippen molar-refractivity contribution in [3.8, 4) is 11.5 Å². The van der Waals surface area contributed by atoms with Crippen LogP contribution in [-0.4, -0.2) is 66.7 Å². The number of ether oxygens (including phenoxy) is 3. The fourth-order valence-electron chi connectivity index (χ4n) is 6.09. The number of quaternary nitrogens is 1. The van der Waals surface area contributed by atoms with Gasteiger partial charge in [-0.15, -0.1) is 0 Å². The number of esters is 1. The van der Waals surface area contributed by atoms with Crippen molar-refractivity contribution in [2.24, 2.45) is 0 Å². The number of epoxide rings is 1. The second-order valence-corrected chi connectivity index (χ2v) is 9.49. The fourth-order valence-corrected chi connectivity index (χ4v) is 6.09. The number of piperidine rings is 1. The van der Waals surface area contributed by atoms with Gasteiger partial charge >= 0.3 is 5.97 Å². The molecule has 0 saturated carbocycles. The van der Waals surface area contributed by atoms with E-state index in [0.717, 1.165) is 17.3 Å². The number of aliphatic hydroxyl groups excluding tert-OH is 1. The Bertz CT molecular complexity index is 968. The standard InChI is InChI=1S/C24H26NO5/c1-25(2)17-11-14(12-18(25)22-21(17)30-22)28-23(27)24(13-26)15-7-3-5-9-19(15)29-20-10-6-4-8-16(20)24/h3-10,14,17-18,21-22,26H,11-13H2,1-2H3/q+1/t14?,17-,18?,21-,22?/m0/s1. The highest BCUT2D eigenvalue weighted by Gasteiger charge is 2.71. The zero-order valence-corrected chi connectivity index (χ0v) is 17.2. The number of aliphatic hydroxyl groups is 1. The maximum Gasteiger partial charge on any atom is 0.324 e. The normalized spacial score (nSPS) is 33.5. The average Bonchev–Trinajstić information content (AvgIpc) is 3.50. The number of likely N-dealkylation sites (N-methyl/N-ethyl adjacent to an activating group) is 1. The number of carbonyl (C=O) groups is 1. The van der Waals surface area contributed by atoms with E-state index in [-0.39, 0.29) is 12.7 Å². The Labute approximate surface area is 175 Å². The van der Waals surface area contributed by atoms with E-state index in [2.05, 4.69) is 14.1 Å². The van der Waals surface area contributed by atoms with Crippen LogP contribution < -0.4 is 4.74 Å². The predicted octanol–water partition coefficient (Wildman–Crippen LogP) is 2.37. The van der Waals surface area contributed by atoms with Crippen LogP contribution in [0.4, 0.5) is 0 Å². The van der Waals surface area contributed by atoms with Gasteiger partial charge in [0, 0.05) is 24.0 Å². The molecule has 2 aromatic rings. The van der Waals surface area contributed by atoms with E-state index < -0.39 is 11.4 Å². The summed E-state index contributed by atoms with van der Waals surface area (Å²) in [4.78, 5) is 13.8. The molecule has 3 unspecified atom stereocenters. The summed E-state index contributed by atoms with van der Waals surface area (Å²) in [5.41, 5.74) is 0.0145. The van der Waals surface area contributed by atoms with Crippen LogP contribution in [0.2, 0.25) is 0 Å². The van der Waals surface area contributed by atoms with Gasteiger partial charge in [0.2, 0.25) is 0 Å². The second-order valence-electron chi connectivity index (χ2n) is 9.49. The Morgan fingerprint density at radius 1 is 1.03 bits per heavy atom. The van der Waals surface area contributed by atoms with Crippen LogP contribution in [0.25, 0.3) is 0 Å². The van der Waals surface area contributed by atoms with Crippen LogP contribution in [0, 0.1) is 0 Å². The molecule has 0 spiro atoms. The molecule has 0 aliphatic carbocycles. The van der Waals surface area contributed by atoms with Gasteiger partial charge in [0.25, 0.3) is 0 Å². The summed E-state index contributed by atoms with van der Waals surface area (Å²) in [6.07, 6.45) is 2.01. The van der Waals surface area contributed by atoms with Crippen LogP contribution in [0.1, 0.15) is 24.0 Å². The molecule has 5 atom stereocenters. The smallest absolute Gasteiger partial charge is 0.324 e. The quantitative estimate of drug-likeness (QED) is 0.480. The van der Waals surface area contributed by atoms with Crippen molar-refractivity contribution in [1.29, 1.82) is 0 Å². The number of nitrogens with zero attached hydrogens (tertiary/aromatic N) is 1. The van der Waals surface area contributed by atoms with Gasteiger partial charge in [-0.2, -0.15) is 0 Å². The summed E-state index contributed by atoms with van der Waals surface area (Å²) in [6.45, 7) is -0.376. The molecule has 3 saturated heterocycles. The van der Waals surface area contributed by atoms with E-state index in [1.54, 1.807) is 0 Å². The number of para-hydroxylation sites is 2. The van der Waals surface area contributed by atoms with Gasteiger partial charge < -0.3 is 23.8 Å². The van der Waals surface area contributed by atoms with Crippen molar-refractivity contribution < 1.29 is 28.6 Å². The molecule has 1 N–H and O–H groups in total. The van der Waals surface area contributed by atoms with E-state index in [4.69, 9.17) is 14.2 Å². The van der Waals surface area contributed by atoms with Crippen LogP contribution in [0.5, 0.6) is 11.5 Å². The van der Waals surface area contributed by atoms with Gasteiger partial charge in [0.1, 0.15) is 47.3 Å². The first-order valence-electron chi connectivity index (χ1n) is 10.6. The molecule has 4 aliphatic heterocycles. The highest BCUT2D eigenvalue weighted by molar-refractivity contribution is 5.91. The average molecular weight is 408 g/mol. The summed E-state index contributed by atoms with van der Waals surface area (Å²) < 4.78 is 19.0. The lowest BCUT2D eigenvalue weighted by molar-refractivity contribution is -0.938. The minimum Gasteiger partial charge on any atom is -0.461 e. The summed E-state index contributed by atoms with van der Waals surface area (Å²) in [5, 5.41) is 10.6. The van der Waals surface area contributed by atoms with Crippen LogP contribution in [-0.2, 0) is 19.7 Å². The maximum atomic E-state index is 13.8. The van der Waals surface area contributed by atoms with Gasteiger partial charge in [-0.05, 0) is 12.1 Å². The van der Waals surface area contributed by atoms with E-state index >= 15 is 0 Å². The first-order valence-corrected chi connectivity index (χ1v) is 10.6. The number of hydrogen-bond acceptors (Lipinski definition) is 5. The third-order valence-electron chi connectivity index (χ3n) is 7.81. The number of hydrogen-bond donors (Lipinski definition) is 1. The zero-order valence-electron chi connectivity index (χ0n) is 17.2. The molecule has 6 nitrogen and oxygen atoms in total. The molecule has 0 aromatic heterocycles. The van der Waals surface area contributed by atoms with Gasteiger partial charge in [0.15, 0.2) is 0 Å². The van der Waals surface area contributed by atoms with Gasteiger partial charge in [-0.25, -0.2) is 0 Å². The molecule has 2 aromatic carbocycles. The third-order valence-corrected chi connectivity index (χ3v) is 7.81. The van der Waals surface area contributed by atoms with Crippen molar-refractivity contribution in [2.45, 2.75) is 48.7 Å². The summed E-state index contributed by atoms with van der Waals surface area (Å²) >= 11 is 0. The maximum absolute atomic E-state index is 13.8. The number of carbonyl (C=O) groups excluding carboxylic acids is 1. The van der Waals surface area contributed by atoms with E-state index in [1.807, 2.05) is 48.5 Å². The van der Waals surface area contributed by atoms with Crippen molar-refractivity contribution >= 4 is 5.97 Å². The fraction of sp³-hybridized carbons (Fsp3) is 0.458. The van der Waals surface area contributed by atoms with Gasteiger partial charge in [-0.1, -0.05) is 36.4 Å². The molecule has 4 aliphatic rings. The molecule has 6 rings (SSSR count). The second kappa shape index (κ2) is 6.06. The lowest BCUT2D eigenvalue weighted by atomic mass is 9.73. The Kier molecular flexibility index (Phi) is 3.71. The highest BCUT2D eigenvalue weighted by Crippen LogP contribution is 2.53. The Morgan fingerprint density at radius 2 is 1.57 bits per heavy atom. The minimum atomic E-state index is -1.29. The molecule has 6 heteroatoms. The zero-order chi connectivity index (χ0) is 20.7. The summed E-state index contributed by atoms with van der Waals surface area (Å²) in [5.74, 6) is 0.760. The van der Waals surface area contributed by atoms with Gasteiger partial charge in [-0.3, -0.25) is 4.79 Å². The molecule has 4 heterocycles. The first-order chi connectivity index (χ1) is 14.5. The lowest BCUT2D eigenvalue weighted by Crippen LogP contribution is -2.60. The van der Waals surface area contributed by atoms with E-state index in [1.165, 1.54) is 0 Å². The molecule has 3 fully saturated rings.